The Morgan fingerprint density at radius 3 is 2.53 bits per heavy atom. The van der Waals surface area contributed by atoms with Crippen molar-refractivity contribution in [1.82, 2.24) is 10.2 Å². The summed E-state index contributed by atoms with van der Waals surface area (Å²) in [5.41, 5.74) is 0. The Morgan fingerprint density at radius 2 is 1.89 bits per heavy atom. The van der Waals surface area contributed by atoms with Gasteiger partial charge in [0.2, 0.25) is 0 Å². The van der Waals surface area contributed by atoms with E-state index in [9.17, 15) is 0 Å². The van der Waals surface area contributed by atoms with Crippen molar-refractivity contribution in [2.24, 2.45) is 17.8 Å². The van der Waals surface area contributed by atoms with Crippen molar-refractivity contribution >= 4 is 0 Å². The average molecular weight is 266 g/mol. The summed E-state index contributed by atoms with van der Waals surface area (Å²) < 4.78 is 5.50. The largest absolute Gasteiger partial charge is 0.381 e. The minimum absolute atomic E-state index is 0.734. The van der Waals surface area contributed by atoms with Crippen molar-refractivity contribution in [3.63, 3.8) is 0 Å². The lowest BCUT2D eigenvalue weighted by atomic mass is 9.93. The Kier molecular flexibility index (Phi) is 4.45. The summed E-state index contributed by atoms with van der Waals surface area (Å²) in [4.78, 5) is 2.81. The highest BCUT2D eigenvalue weighted by molar-refractivity contribution is 4.95. The highest BCUT2D eigenvalue weighted by atomic mass is 16.5. The minimum atomic E-state index is 0.734. The quantitative estimate of drug-likeness (QED) is 0.843. The van der Waals surface area contributed by atoms with E-state index in [4.69, 9.17) is 4.74 Å². The SMILES string of the molecule is CC(C)C1CNC(C2CC2)CN1CC1CCOCC1. The molecular formula is C16H30N2O. The summed E-state index contributed by atoms with van der Waals surface area (Å²) in [6.45, 7) is 10.5. The van der Waals surface area contributed by atoms with Crippen molar-refractivity contribution in [3.8, 4) is 0 Å². The van der Waals surface area contributed by atoms with Crippen LogP contribution in [0.1, 0.15) is 39.5 Å². The number of hydrogen-bond acceptors (Lipinski definition) is 3. The topological polar surface area (TPSA) is 24.5 Å². The molecule has 0 spiro atoms. The Hall–Kier alpha value is -0.120. The van der Waals surface area contributed by atoms with Crippen LogP contribution in [0.2, 0.25) is 0 Å². The molecule has 2 heterocycles. The predicted molar refractivity (Wildman–Crippen MR) is 78.3 cm³/mol. The smallest absolute Gasteiger partial charge is 0.0469 e. The van der Waals surface area contributed by atoms with E-state index in [0.29, 0.717) is 0 Å². The van der Waals surface area contributed by atoms with Gasteiger partial charge in [-0.25, -0.2) is 0 Å². The number of hydrogen-bond donors (Lipinski definition) is 1. The molecule has 3 rings (SSSR count). The van der Waals surface area contributed by atoms with Gasteiger partial charge in [0.1, 0.15) is 0 Å². The second kappa shape index (κ2) is 6.11. The minimum Gasteiger partial charge on any atom is -0.381 e. The van der Waals surface area contributed by atoms with Gasteiger partial charge in [-0.1, -0.05) is 13.8 Å². The highest BCUT2D eigenvalue weighted by Crippen LogP contribution is 2.35. The predicted octanol–water partition coefficient (Wildman–Crippen LogP) is 2.12. The Labute approximate surface area is 118 Å². The second-order valence-electron chi connectivity index (χ2n) is 7.17. The fourth-order valence-electron chi connectivity index (χ4n) is 3.80. The van der Waals surface area contributed by atoms with Crippen LogP contribution >= 0.6 is 0 Å². The van der Waals surface area contributed by atoms with Crippen molar-refractivity contribution in [1.29, 1.82) is 0 Å². The molecule has 0 aromatic carbocycles. The highest BCUT2D eigenvalue weighted by Gasteiger charge is 2.38. The van der Waals surface area contributed by atoms with E-state index in [1.54, 1.807) is 0 Å². The van der Waals surface area contributed by atoms with Gasteiger partial charge in [-0.3, -0.25) is 4.90 Å². The first-order valence-corrected chi connectivity index (χ1v) is 8.29. The van der Waals surface area contributed by atoms with E-state index in [1.165, 1.54) is 45.3 Å². The van der Waals surface area contributed by atoms with Crippen LogP contribution in [-0.2, 0) is 4.74 Å². The van der Waals surface area contributed by atoms with E-state index in [1.807, 2.05) is 0 Å². The molecule has 2 unspecified atom stereocenters. The first kappa shape index (κ1) is 13.8. The maximum Gasteiger partial charge on any atom is 0.0469 e. The summed E-state index contributed by atoms with van der Waals surface area (Å²) in [5.74, 6) is 2.60. The molecule has 3 heteroatoms. The zero-order chi connectivity index (χ0) is 13.2. The van der Waals surface area contributed by atoms with Gasteiger partial charge in [-0.2, -0.15) is 0 Å². The normalized spacial score (nSPS) is 34.9. The first-order valence-electron chi connectivity index (χ1n) is 8.29. The molecule has 0 aromatic heterocycles. The van der Waals surface area contributed by atoms with Gasteiger partial charge in [-0.15, -0.1) is 0 Å². The third-order valence-electron chi connectivity index (χ3n) is 5.28. The third-order valence-corrected chi connectivity index (χ3v) is 5.28. The van der Waals surface area contributed by atoms with Gasteiger partial charge in [0, 0.05) is 44.9 Å². The van der Waals surface area contributed by atoms with Gasteiger partial charge >= 0.3 is 0 Å². The lowest BCUT2D eigenvalue weighted by Crippen LogP contribution is -2.59. The molecule has 0 aromatic rings. The molecule has 0 bridgehead atoms. The monoisotopic (exact) mass is 266 g/mol. The van der Waals surface area contributed by atoms with E-state index in [0.717, 1.165) is 43.1 Å². The second-order valence-corrected chi connectivity index (χ2v) is 7.17. The van der Waals surface area contributed by atoms with Gasteiger partial charge in [0.05, 0.1) is 0 Å². The summed E-state index contributed by atoms with van der Waals surface area (Å²) in [7, 11) is 0. The summed E-state index contributed by atoms with van der Waals surface area (Å²) in [6.07, 6.45) is 5.44. The number of nitrogens with zero attached hydrogens (tertiary/aromatic N) is 1. The molecule has 110 valence electrons. The maximum absolute atomic E-state index is 5.50. The van der Waals surface area contributed by atoms with Gasteiger partial charge in [0.15, 0.2) is 0 Å². The Balaban J connectivity index is 1.58. The number of piperazine rings is 1. The number of rotatable bonds is 4. The molecule has 0 radical (unpaired) electrons. The Bertz CT molecular complexity index is 284. The maximum atomic E-state index is 5.50. The van der Waals surface area contributed by atoms with Crippen molar-refractivity contribution in [2.75, 3.05) is 32.8 Å². The van der Waals surface area contributed by atoms with Crippen molar-refractivity contribution in [3.05, 3.63) is 0 Å². The zero-order valence-electron chi connectivity index (χ0n) is 12.6. The van der Waals surface area contributed by atoms with Crippen LogP contribution in [0, 0.1) is 17.8 Å². The number of ether oxygens (including phenoxy) is 1. The number of nitrogens with one attached hydrogen (secondary N) is 1. The van der Waals surface area contributed by atoms with E-state index < -0.39 is 0 Å². The summed E-state index contributed by atoms with van der Waals surface area (Å²) in [6, 6.07) is 1.51. The van der Waals surface area contributed by atoms with Crippen LogP contribution < -0.4 is 5.32 Å². The molecule has 2 aliphatic heterocycles. The van der Waals surface area contributed by atoms with E-state index >= 15 is 0 Å². The van der Waals surface area contributed by atoms with Crippen LogP contribution in [0.4, 0.5) is 0 Å². The molecule has 3 nitrogen and oxygen atoms in total. The molecule has 1 saturated carbocycles. The zero-order valence-corrected chi connectivity index (χ0v) is 12.6. The summed E-state index contributed by atoms with van der Waals surface area (Å²) >= 11 is 0. The molecule has 1 aliphatic carbocycles. The molecule has 2 atom stereocenters. The fourth-order valence-corrected chi connectivity index (χ4v) is 3.80. The van der Waals surface area contributed by atoms with E-state index in [2.05, 4.69) is 24.1 Å². The molecule has 1 N–H and O–H groups in total. The molecule has 3 fully saturated rings. The fraction of sp³-hybridized carbons (Fsp3) is 1.00. The Morgan fingerprint density at radius 1 is 1.16 bits per heavy atom. The van der Waals surface area contributed by atoms with Gasteiger partial charge < -0.3 is 10.1 Å². The van der Waals surface area contributed by atoms with Crippen molar-refractivity contribution < 1.29 is 4.74 Å². The molecule has 19 heavy (non-hydrogen) atoms. The molecule has 2 saturated heterocycles. The van der Waals surface area contributed by atoms with E-state index in [-0.39, 0.29) is 0 Å². The van der Waals surface area contributed by atoms with Crippen molar-refractivity contribution in [2.45, 2.75) is 51.6 Å². The van der Waals surface area contributed by atoms with Gasteiger partial charge in [0.25, 0.3) is 0 Å². The van der Waals surface area contributed by atoms with Crippen LogP contribution in [0.25, 0.3) is 0 Å². The van der Waals surface area contributed by atoms with Crippen LogP contribution in [0.5, 0.6) is 0 Å². The molecule has 0 amide bonds. The lowest BCUT2D eigenvalue weighted by molar-refractivity contribution is 0.0256. The van der Waals surface area contributed by atoms with Crippen LogP contribution in [0.3, 0.4) is 0 Å². The van der Waals surface area contributed by atoms with Gasteiger partial charge in [-0.05, 0) is 43.4 Å². The molecular weight excluding hydrogens is 236 g/mol. The lowest BCUT2D eigenvalue weighted by Gasteiger charge is -2.44. The summed E-state index contributed by atoms with van der Waals surface area (Å²) in [5, 5.41) is 3.81. The first-order chi connectivity index (χ1) is 9.24. The van der Waals surface area contributed by atoms with Crippen LogP contribution in [-0.4, -0.2) is 49.8 Å². The average Bonchev–Trinajstić information content (AvgIpc) is 3.24. The van der Waals surface area contributed by atoms with Crippen LogP contribution in [0.15, 0.2) is 0 Å². The standard InChI is InChI=1S/C16H30N2O/c1-12(2)16-9-17-15(14-3-4-14)11-18(16)10-13-5-7-19-8-6-13/h12-17H,3-11H2,1-2H3. The molecule has 3 aliphatic rings. The third kappa shape index (κ3) is 3.50.